The Hall–Kier alpha value is -2.40. The Bertz CT molecular complexity index is 1390. The van der Waals surface area contributed by atoms with Gasteiger partial charge in [0.2, 0.25) is 11.8 Å². The SMILES string of the molecule is CC(C)(C)C[C@H]1N[C@@H](C(=O)NC2CCN(CCC(F)(F)F)CC2)[C@H](c2cccc(Cl)c2F)[C@@]12C(=O)Nc1cc(Cl)ccc12. The van der Waals surface area contributed by atoms with Crippen LogP contribution in [0.25, 0.3) is 0 Å². The van der Waals surface area contributed by atoms with Gasteiger partial charge in [-0.05, 0) is 54.0 Å². The van der Waals surface area contributed by atoms with Crippen molar-refractivity contribution in [2.24, 2.45) is 5.41 Å². The molecule has 3 heterocycles. The van der Waals surface area contributed by atoms with Gasteiger partial charge in [0.05, 0.1) is 17.5 Å². The lowest BCUT2D eigenvalue weighted by Gasteiger charge is -2.38. The van der Waals surface area contributed by atoms with E-state index in [1.54, 1.807) is 35.2 Å². The predicted molar refractivity (Wildman–Crippen MR) is 159 cm³/mol. The number of hydrogen-bond acceptors (Lipinski definition) is 4. The molecule has 3 aliphatic heterocycles. The fourth-order valence-electron chi connectivity index (χ4n) is 7.03. The summed E-state index contributed by atoms with van der Waals surface area (Å²) in [4.78, 5) is 30.1. The lowest BCUT2D eigenvalue weighted by Crippen LogP contribution is -2.51. The molecule has 43 heavy (non-hydrogen) atoms. The summed E-state index contributed by atoms with van der Waals surface area (Å²) in [5.74, 6) is -2.42. The monoisotopic (exact) mass is 642 g/mol. The van der Waals surface area contributed by atoms with Crippen molar-refractivity contribution in [1.82, 2.24) is 15.5 Å². The number of alkyl halides is 3. The van der Waals surface area contributed by atoms with Gasteiger partial charge in [-0.15, -0.1) is 0 Å². The van der Waals surface area contributed by atoms with Crippen LogP contribution in [0.2, 0.25) is 10.0 Å². The van der Waals surface area contributed by atoms with E-state index in [0.29, 0.717) is 48.6 Å². The van der Waals surface area contributed by atoms with Gasteiger partial charge in [-0.25, -0.2) is 4.39 Å². The third kappa shape index (κ3) is 6.39. The maximum atomic E-state index is 15.9. The third-order valence-corrected chi connectivity index (χ3v) is 9.39. The number of carbonyl (C=O) groups is 2. The highest BCUT2D eigenvalue weighted by molar-refractivity contribution is 6.31. The normalized spacial score (nSPS) is 26.5. The van der Waals surface area contributed by atoms with E-state index < -0.39 is 47.7 Å². The van der Waals surface area contributed by atoms with E-state index in [0.717, 1.165) is 0 Å². The first-order valence-electron chi connectivity index (χ1n) is 14.5. The Kier molecular flexibility index (Phi) is 8.81. The molecule has 3 aliphatic rings. The van der Waals surface area contributed by atoms with Gasteiger partial charge in [0, 0.05) is 48.3 Å². The first kappa shape index (κ1) is 32.0. The van der Waals surface area contributed by atoms with Crippen LogP contribution in [0.1, 0.15) is 63.5 Å². The van der Waals surface area contributed by atoms with Gasteiger partial charge in [-0.2, -0.15) is 13.2 Å². The van der Waals surface area contributed by atoms with Gasteiger partial charge in [-0.1, -0.05) is 62.2 Å². The topological polar surface area (TPSA) is 73.5 Å². The van der Waals surface area contributed by atoms with E-state index in [1.165, 1.54) is 6.07 Å². The van der Waals surface area contributed by atoms with Crippen LogP contribution in [0.5, 0.6) is 0 Å². The van der Waals surface area contributed by atoms with Crippen LogP contribution in [0.15, 0.2) is 36.4 Å². The Labute approximate surface area is 258 Å². The Morgan fingerprint density at radius 3 is 2.47 bits per heavy atom. The van der Waals surface area contributed by atoms with Crippen molar-refractivity contribution < 1.29 is 27.2 Å². The van der Waals surface area contributed by atoms with Crippen LogP contribution >= 0.6 is 23.2 Å². The van der Waals surface area contributed by atoms with E-state index in [-0.39, 0.29) is 34.5 Å². The molecule has 2 aromatic carbocycles. The minimum absolute atomic E-state index is 0.0833. The van der Waals surface area contributed by atoms with Crippen LogP contribution in [0.4, 0.5) is 23.2 Å². The van der Waals surface area contributed by atoms with Gasteiger partial charge >= 0.3 is 6.18 Å². The summed E-state index contributed by atoms with van der Waals surface area (Å²) < 4.78 is 54.0. The summed E-state index contributed by atoms with van der Waals surface area (Å²) in [7, 11) is 0. The second-order valence-corrected chi connectivity index (χ2v) is 13.9. The smallest absolute Gasteiger partial charge is 0.352 e. The molecule has 0 saturated carbocycles. The Balaban J connectivity index is 1.51. The molecule has 0 aliphatic carbocycles. The number of nitrogens with one attached hydrogen (secondary N) is 3. The van der Waals surface area contributed by atoms with Crippen LogP contribution in [0.3, 0.4) is 0 Å². The van der Waals surface area contributed by atoms with Crippen LogP contribution in [-0.4, -0.2) is 60.7 Å². The maximum Gasteiger partial charge on any atom is 0.390 e. The lowest BCUT2D eigenvalue weighted by molar-refractivity contribution is -0.138. The number of likely N-dealkylation sites (tertiary alicyclic amines) is 1. The average Bonchev–Trinajstić information content (AvgIpc) is 3.38. The van der Waals surface area contributed by atoms with Gasteiger partial charge < -0.3 is 20.9 Å². The standard InChI is InChI=1S/C31H36Cl2F4N4O2/c1-29(2,3)16-23-31(20-8-7-17(32)15-22(20)39-28(31)43)24(19-5-4-6-21(33)25(19)34)26(40-23)27(42)38-18-9-12-41(13-10-18)14-11-30(35,36)37/h4-8,15,18,23-24,26,40H,9-14,16H2,1-3H3,(H,38,42)(H,39,43)/t23-,24+,26-,31+/m1/s1. The summed E-state index contributed by atoms with van der Waals surface area (Å²) in [5, 5.41) is 9.77. The van der Waals surface area contributed by atoms with Crippen molar-refractivity contribution in [3.05, 3.63) is 63.4 Å². The number of amides is 2. The molecular formula is C31H36Cl2F4N4O2. The molecule has 234 valence electrons. The number of halogens is 6. The Morgan fingerprint density at radius 1 is 1.12 bits per heavy atom. The zero-order valence-electron chi connectivity index (χ0n) is 24.3. The van der Waals surface area contributed by atoms with Crippen molar-refractivity contribution in [3.63, 3.8) is 0 Å². The van der Waals surface area contributed by atoms with E-state index >= 15 is 4.39 Å². The second kappa shape index (κ2) is 11.8. The molecule has 0 unspecified atom stereocenters. The molecule has 2 saturated heterocycles. The number of fused-ring (bicyclic) bond motifs is 2. The lowest BCUT2D eigenvalue weighted by atomic mass is 9.62. The van der Waals surface area contributed by atoms with Gasteiger partial charge in [0.15, 0.2) is 0 Å². The van der Waals surface area contributed by atoms with Crippen LogP contribution < -0.4 is 16.0 Å². The highest BCUT2D eigenvalue weighted by Gasteiger charge is 2.66. The molecule has 3 N–H and O–H groups in total. The Morgan fingerprint density at radius 2 is 1.81 bits per heavy atom. The van der Waals surface area contributed by atoms with Crippen molar-refractivity contribution in [2.75, 3.05) is 25.0 Å². The summed E-state index contributed by atoms with van der Waals surface area (Å²) in [6, 6.07) is 7.86. The van der Waals surface area contributed by atoms with Gasteiger partial charge in [0.1, 0.15) is 11.2 Å². The molecule has 0 aromatic heterocycles. The summed E-state index contributed by atoms with van der Waals surface area (Å²) in [6.07, 6.45) is -3.66. The summed E-state index contributed by atoms with van der Waals surface area (Å²) in [6.45, 7) is 6.85. The predicted octanol–water partition coefficient (Wildman–Crippen LogP) is 6.42. The molecule has 2 aromatic rings. The van der Waals surface area contributed by atoms with Crippen LogP contribution in [-0.2, 0) is 15.0 Å². The van der Waals surface area contributed by atoms with E-state index in [1.807, 2.05) is 20.8 Å². The van der Waals surface area contributed by atoms with E-state index in [9.17, 15) is 22.8 Å². The molecule has 0 radical (unpaired) electrons. The fourth-order valence-corrected chi connectivity index (χ4v) is 7.38. The molecule has 0 bridgehead atoms. The zero-order chi connectivity index (χ0) is 31.3. The highest BCUT2D eigenvalue weighted by atomic mass is 35.5. The van der Waals surface area contributed by atoms with E-state index in [2.05, 4.69) is 16.0 Å². The van der Waals surface area contributed by atoms with Gasteiger partial charge in [0.25, 0.3) is 0 Å². The number of benzene rings is 2. The molecular weight excluding hydrogens is 607 g/mol. The van der Waals surface area contributed by atoms with Gasteiger partial charge in [-0.3, -0.25) is 9.59 Å². The quantitative estimate of drug-likeness (QED) is 0.318. The van der Waals surface area contributed by atoms with Crippen LogP contribution in [0, 0.1) is 11.2 Å². The molecule has 6 nitrogen and oxygen atoms in total. The number of hydrogen-bond donors (Lipinski definition) is 3. The van der Waals surface area contributed by atoms with Crippen molar-refractivity contribution >= 4 is 40.7 Å². The molecule has 12 heteroatoms. The number of piperidine rings is 1. The first-order chi connectivity index (χ1) is 20.1. The largest absolute Gasteiger partial charge is 0.390 e. The number of rotatable bonds is 6. The molecule has 2 amide bonds. The molecule has 1 spiro atoms. The van der Waals surface area contributed by atoms with Crippen molar-refractivity contribution in [2.45, 2.75) is 82.1 Å². The average molecular weight is 644 g/mol. The second-order valence-electron chi connectivity index (χ2n) is 13.1. The van der Waals surface area contributed by atoms with Crippen molar-refractivity contribution in [3.8, 4) is 0 Å². The maximum absolute atomic E-state index is 15.9. The highest BCUT2D eigenvalue weighted by Crippen LogP contribution is 2.57. The molecule has 2 fully saturated rings. The molecule has 5 rings (SSSR count). The van der Waals surface area contributed by atoms with E-state index in [4.69, 9.17) is 23.2 Å². The third-order valence-electron chi connectivity index (χ3n) is 8.87. The minimum atomic E-state index is -4.22. The first-order valence-corrected chi connectivity index (χ1v) is 15.3. The number of carbonyl (C=O) groups excluding carboxylic acids is 2. The minimum Gasteiger partial charge on any atom is -0.352 e. The number of anilines is 1. The van der Waals surface area contributed by atoms with Crippen molar-refractivity contribution in [1.29, 1.82) is 0 Å². The zero-order valence-corrected chi connectivity index (χ0v) is 25.8. The summed E-state index contributed by atoms with van der Waals surface area (Å²) in [5.41, 5.74) is -0.343. The number of nitrogens with zero attached hydrogens (tertiary/aromatic N) is 1. The molecule has 4 atom stereocenters. The summed E-state index contributed by atoms with van der Waals surface area (Å²) >= 11 is 12.5. The fraction of sp³-hybridized carbons (Fsp3) is 0.548.